The fourth-order valence-corrected chi connectivity index (χ4v) is 2.41. The predicted molar refractivity (Wildman–Crippen MR) is 64.2 cm³/mol. The lowest BCUT2D eigenvalue weighted by atomic mass is 9.81. The number of aromatic amines is 1. The molecule has 6 nitrogen and oxygen atoms in total. The van der Waals surface area contributed by atoms with Gasteiger partial charge in [-0.1, -0.05) is 19.3 Å². The second kappa shape index (κ2) is 4.80. The Morgan fingerprint density at radius 2 is 2.06 bits per heavy atom. The summed E-state index contributed by atoms with van der Waals surface area (Å²) in [5, 5.41) is 18.5. The van der Waals surface area contributed by atoms with Crippen LogP contribution in [0.15, 0.2) is 6.20 Å². The Bertz CT molecular complexity index is 461. The molecule has 18 heavy (non-hydrogen) atoms. The summed E-state index contributed by atoms with van der Waals surface area (Å²) in [5.74, 6) is -1.32. The van der Waals surface area contributed by atoms with E-state index in [4.69, 9.17) is 0 Å². The number of rotatable bonds is 3. The first-order chi connectivity index (χ1) is 8.55. The van der Waals surface area contributed by atoms with Gasteiger partial charge in [-0.15, -0.1) is 0 Å². The molecular weight excluding hydrogens is 234 g/mol. The number of aliphatic carboxylic acids is 1. The van der Waals surface area contributed by atoms with Gasteiger partial charge in [-0.2, -0.15) is 5.10 Å². The van der Waals surface area contributed by atoms with Crippen molar-refractivity contribution in [3.8, 4) is 0 Å². The van der Waals surface area contributed by atoms with E-state index in [9.17, 15) is 14.7 Å². The highest BCUT2D eigenvalue weighted by Gasteiger charge is 2.41. The third-order valence-corrected chi connectivity index (χ3v) is 3.54. The van der Waals surface area contributed by atoms with Crippen LogP contribution in [0, 0.1) is 6.92 Å². The van der Waals surface area contributed by atoms with Crippen molar-refractivity contribution in [2.24, 2.45) is 0 Å². The summed E-state index contributed by atoms with van der Waals surface area (Å²) in [6, 6.07) is 0. The predicted octanol–water partition coefficient (Wildman–Crippen LogP) is 1.24. The fraction of sp³-hybridized carbons (Fsp3) is 0.583. The van der Waals surface area contributed by atoms with Gasteiger partial charge in [0.05, 0.1) is 11.8 Å². The number of nitrogens with one attached hydrogen (secondary N) is 2. The molecule has 1 amide bonds. The lowest BCUT2D eigenvalue weighted by Gasteiger charge is -2.33. The first-order valence-corrected chi connectivity index (χ1v) is 6.11. The van der Waals surface area contributed by atoms with E-state index in [1.54, 1.807) is 6.92 Å². The second-order valence-electron chi connectivity index (χ2n) is 4.81. The van der Waals surface area contributed by atoms with Crippen molar-refractivity contribution in [3.05, 3.63) is 17.5 Å². The number of carboxylic acids is 1. The number of aryl methyl sites for hydroxylation is 1. The van der Waals surface area contributed by atoms with Crippen LogP contribution in [0.3, 0.4) is 0 Å². The molecule has 0 atom stereocenters. The summed E-state index contributed by atoms with van der Waals surface area (Å²) in [7, 11) is 0. The Morgan fingerprint density at radius 3 is 2.56 bits per heavy atom. The lowest BCUT2D eigenvalue weighted by molar-refractivity contribution is -0.145. The van der Waals surface area contributed by atoms with Gasteiger partial charge in [0.1, 0.15) is 5.54 Å². The minimum absolute atomic E-state index is 0.370. The maximum atomic E-state index is 12.1. The third kappa shape index (κ3) is 2.23. The fourth-order valence-electron chi connectivity index (χ4n) is 2.41. The molecule has 1 aliphatic carbocycles. The highest BCUT2D eigenvalue weighted by molar-refractivity contribution is 5.98. The molecule has 1 aromatic rings. The first-order valence-electron chi connectivity index (χ1n) is 6.11. The van der Waals surface area contributed by atoms with Crippen LogP contribution < -0.4 is 5.32 Å². The van der Waals surface area contributed by atoms with E-state index in [1.165, 1.54) is 6.20 Å². The van der Waals surface area contributed by atoms with E-state index < -0.39 is 11.5 Å². The molecule has 98 valence electrons. The molecule has 0 aliphatic heterocycles. The molecule has 1 aromatic heterocycles. The molecule has 6 heteroatoms. The van der Waals surface area contributed by atoms with Crippen molar-refractivity contribution in [2.45, 2.75) is 44.6 Å². The van der Waals surface area contributed by atoms with E-state index in [2.05, 4.69) is 15.5 Å². The van der Waals surface area contributed by atoms with E-state index in [0.717, 1.165) is 19.3 Å². The zero-order valence-electron chi connectivity index (χ0n) is 10.3. The number of nitrogens with zero attached hydrogens (tertiary/aromatic N) is 1. The maximum absolute atomic E-state index is 12.1. The number of hydrogen-bond acceptors (Lipinski definition) is 3. The Labute approximate surface area is 105 Å². The van der Waals surface area contributed by atoms with Crippen molar-refractivity contribution in [3.63, 3.8) is 0 Å². The number of carbonyl (C=O) groups is 2. The molecular formula is C12H17N3O3. The molecule has 0 aromatic carbocycles. The molecule has 3 N–H and O–H groups in total. The van der Waals surface area contributed by atoms with E-state index in [1.807, 2.05) is 0 Å². The van der Waals surface area contributed by atoms with Crippen LogP contribution >= 0.6 is 0 Å². The van der Waals surface area contributed by atoms with Crippen molar-refractivity contribution in [2.75, 3.05) is 0 Å². The molecule has 1 saturated carbocycles. The minimum Gasteiger partial charge on any atom is -0.480 e. The largest absolute Gasteiger partial charge is 0.480 e. The minimum atomic E-state index is -1.11. The molecule has 0 unspecified atom stereocenters. The summed E-state index contributed by atoms with van der Waals surface area (Å²) in [4.78, 5) is 23.5. The second-order valence-corrected chi connectivity index (χ2v) is 4.81. The molecule has 1 aliphatic rings. The van der Waals surface area contributed by atoms with Crippen LogP contribution in [-0.4, -0.2) is 32.7 Å². The average Bonchev–Trinajstić information content (AvgIpc) is 2.76. The van der Waals surface area contributed by atoms with Gasteiger partial charge in [0.25, 0.3) is 5.91 Å². The molecule has 2 rings (SSSR count). The Hall–Kier alpha value is -1.85. The van der Waals surface area contributed by atoms with Crippen LogP contribution in [0.4, 0.5) is 0 Å². The summed E-state index contributed by atoms with van der Waals surface area (Å²) >= 11 is 0. The van der Waals surface area contributed by atoms with Crippen LogP contribution in [0.2, 0.25) is 0 Å². The Balaban J connectivity index is 2.17. The summed E-state index contributed by atoms with van der Waals surface area (Å²) < 4.78 is 0. The first kappa shape index (κ1) is 12.6. The lowest BCUT2D eigenvalue weighted by Crippen LogP contribution is -2.55. The number of carboxylic acid groups (broad SMARTS) is 1. The number of hydrogen-bond donors (Lipinski definition) is 3. The summed E-state index contributed by atoms with van der Waals surface area (Å²) in [6.07, 6.45) is 5.09. The van der Waals surface area contributed by atoms with Crippen molar-refractivity contribution < 1.29 is 14.7 Å². The van der Waals surface area contributed by atoms with E-state index in [0.29, 0.717) is 24.1 Å². The van der Waals surface area contributed by atoms with Crippen LogP contribution in [0.25, 0.3) is 0 Å². The van der Waals surface area contributed by atoms with Crippen molar-refractivity contribution in [1.29, 1.82) is 0 Å². The van der Waals surface area contributed by atoms with Gasteiger partial charge in [-0.05, 0) is 19.8 Å². The molecule has 0 spiro atoms. The topological polar surface area (TPSA) is 95.1 Å². The van der Waals surface area contributed by atoms with Crippen LogP contribution in [0.1, 0.15) is 48.2 Å². The smallest absolute Gasteiger partial charge is 0.329 e. The van der Waals surface area contributed by atoms with Gasteiger partial charge in [0.15, 0.2) is 0 Å². The van der Waals surface area contributed by atoms with E-state index in [-0.39, 0.29) is 5.91 Å². The molecule has 0 radical (unpaired) electrons. The molecule has 1 fully saturated rings. The maximum Gasteiger partial charge on any atom is 0.329 e. The highest BCUT2D eigenvalue weighted by atomic mass is 16.4. The number of carbonyl (C=O) groups excluding carboxylic acids is 1. The van der Waals surface area contributed by atoms with Crippen LogP contribution in [-0.2, 0) is 4.79 Å². The van der Waals surface area contributed by atoms with Crippen molar-refractivity contribution >= 4 is 11.9 Å². The third-order valence-electron chi connectivity index (χ3n) is 3.54. The van der Waals surface area contributed by atoms with Crippen LogP contribution in [0.5, 0.6) is 0 Å². The SMILES string of the molecule is Cc1[nH]ncc1C(=O)NC1(C(=O)O)CCCCC1. The highest BCUT2D eigenvalue weighted by Crippen LogP contribution is 2.29. The zero-order chi connectivity index (χ0) is 13.2. The van der Waals surface area contributed by atoms with E-state index >= 15 is 0 Å². The molecule has 0 bridgehead atoms. The number of amides is 1. The van der Waals surface area contributed by atoms with Gasteiger partial charge < -0.3 is 10.4 Å². The molecule has 0 saturated heterocycles. The van der Waals surface area contributed by atoms with Gasteiger partial charge in [0, 0.05) is 5.69 Å². The summed E-state index contributed by atoms with van der Waals surface area (Å²) in [6.45, 7) is 1.73. The zero-order valence-corrected chi connectivity index (χ0v) is 10.3. The molecule has 1 heterocycles. The van der Waals surface area contributed by atoms with Crippen molar-refractivity contribution in [1.82, 2.24) is 15.5 Å². The summed E-state index contributed by atoms with van der Waals surface area (Å²) in [5.41, 5.74) is -0.0657. The Morgan fingerprint density at radius 1 is 1.39 bits per heavy atom. The van der Waals surface area contributed by atoms with Gasteiger partial charge in [-0.25, -0.2) is 4.79 Å². The number of aromatic nitrogens is 2. The number of H-pyrrole nitrogens is 1. The quantitative estimate of drug-likeness (QED) is 0.753. The standard InChI is InChI=1S/C12H17N3O3/c1-8-9(7-13-15-8)10(16)14-12(11(17)18)5-3-2-4-6-12/h7H,2-6H2,1H3,(H,13,15)(H,14,16)(H,17,18). The normalized spacial score (nSPS) is 18.3. The van der Waals surface area contributed by atoms with Gasteiger partial charge in [-0.3, -0.25) is 9.89 Å². The van der Waals surface area contributed by atoms with Gasteiger partial charge in [0.2, 0.25) is 0 Å². The average molecular weight is 251 g/mol. The van der Waals surface area contributed by atoms with Gasteiger partial charge >= 0.3 is 5.97 Å². The monoisotopic (exact) mass is 251 g/mol. The Kier molecular flexibility index (Phi) is 3.36.